The standard InChI is InChI=1S/C11H18O/c1-4-5-9-8-10(12)6-7-11(9,2)3/h4-5,8,10,12H,6-7H2,1-3H3/b5-4+. The summed E-state index contributed by atoms with van der Waals surface area (Å²) in [6, 6.07) is 0. The maximum Gasteiger partial charge on any atom is 0.0727 e. The van der Waals surface area contributed by atoms with Gasteiger partial charge in [-0.3, -0.25) is 0 Å². The van der Waals surface area contributed by atoms with Crippen LogP contribution < -0.4 is 0 Å². The number of hydrogen-bond donors (Lipinski definition) is 1. The highest BCUT2D eigenvalue weighted by Crippen LogP contribution is 2.37. The summed E-state index contributed by atoms with van der Waals surface area (Å²) in [6.45, 7) is 6.47. The number of aliphatic hydroxyl groups excluding tert-OH is 1. The van der Waals surface area contributed by atoms with Crippen molar-refractivity contribution in [2.45, 2.75) is 39.7 Å². The van der Waals surface area contributed by atoms with E-state index in [2.05, 4.69) is 19.9 Å². The Morgan fingerprint density at radius 2 is 2.25 bits per heavy atom. The van der Waals surface area contributed by atoms with Crippen molar-refractivity contribution in [3.8, 4) is 0 Å². The normalized spacial score (nSPS) is 29.0. The van der Waals surface area contributed by atoms with Gasteiger partial charge in [0.25, 0.3) is 0 Å². The van der Waals surface area contributed by atoms with E-state index >= 15 is 0 Å². The van der Waals surface area contributed by atoms with E-state index in [1.54, 1.807) is 0 Å². The molecule has 0 aliphatic heterocycles. The molecule has 0 saturated carbocycles. The Hall–Kier alpha value is -0.560. The molecule has 68 valence electrons. The van der Waals surface area contributed by atoms with Gasteiger partial charge >= 0.3 is 0 Å². The number of allylic oxidation sites excluding steroid dienone is 3. The Kier molecular flexibility index (Phi) is 2.73. The maximum atomic E-state index is 9.43. The van der Waals surface area contributed by atoms with Gasteiger partial charge in [-0.05, 0) is 30.8 Å². The summed E-state index contributed by atoms with van der Waals surface area (Å²) in [5.74, 6) is 0. The summed E-state index contributed by atoms with van der Waals surface area (Å²) in [5, 5.41) is 9.43. The SMILES string of the molecule is C/C=C/C1=CC(O)CCC1(C)C. The van der Waals surface area contributed by atoms with Crippen LogP contribution in [0, 0.1) is 5.41 Å². The second-order valence-electron chi connectivity index (χ2n) is 4.11. The van der Waals surface area contributed by atoms with Crippen molar-refractivity contribution < 1.29 is 5.11 Å². The highest BCUT2D eigenvalue weighted by atomic mass is 16.3. The molecule has 0 fully saturated rings. The number of rotatable bonds is 1. The van der Waals surface area contributed by atoms with Crippen LogP contribution in [0.3, 0.4) is 0 Å². The molecule has 0 spiro atoms. The molecule has 1 heteroatoms. The smallest absolute Gasteiger partial charge is 0.0727 e. The average Bonchev–Trinajstić information content (AvgIpc) is 1.98. The molecule has 1 aliphatic rings. The molecule has 1 unspecified atom stereocenters. The fourth-order valence-electron chi connectivity index (χ4n) is 1.63. The van der Waals surface area contributed by atoms with Gasteiger partial charge < -0.3 is 5.11 Å². The molecule has 0 bridgehead atoms. The van der Waals surface area contributed by atoms with Crippen molar-refractivity contribution in [2.24, 2.45) is 5.41 Å². The van der Waals surface area contributed by atoms with Crippen molar-refractivity contribution in [3.05, 3.63) is 23.8 Å². The van der Waals surface area contributed by atoms with Gasteiger partial charge in [0.1, 0.15) is 0 Å². The average molecular weight is 166 g/mol. The second-order valence-corrected chi connectivity index (χ2v) is 4.11. The van der Waals surface area contributed by atoms with Gasteiger partial charge in [0, 0.05) is 0 Å². The predicted molar refractivity (Wildman–Crippen MR) is 51.9 cm³/mol. The summed E-state index contributed by atoms with van der Waals surface area (Å²) in [5.41, 5.74) is 1.51. The van der Waals surface area contributed by atoms with Gasteiger partial charge in [-0.25, -0.2) is 0 Å². The lowest BCUT2D eigenvalue weighted by molar-refractivity contribution is 0.176. The van der Waals surface area contributed by atoms with Crippen LogP contribution in [-0.4, -0.2) is 11.2 Å². The zero-order valence-electron chi connectivity index (χ0n) is 8.17. The summed E-state index contributed by atoms with van der Waals surface area (Å²) in [6.07, 6.45) is 7.85. The fourth-order valence-corrected chi connectivity index (χ4v) is 1.63. The molecule has 1 rings (SSSR count). The van der Waals surface area contributed by atoms with E-state index in [-0.39, 0.29) is 11.5 Å². The molecule has 1 N–H and O–H groups in total. The zero-order chi connectivity index (χ0) is 9.19. The van der Waals surface area contributed by atoms with E-state index in [9.17, 15) is 5.11 Å². The van der Waals surface area contributed by atoms with Gasteiger partial charge in [-0.1, -0.05) is 32.1 Å². The van der Waals surface area contributed by atoms with Crippen LogP contribution in [0.25, 0.3) is 0 Å². The quantitative estimate of drug-likeness (QED) is 0.635. The largest absolute Gasteiger partial charge is 0.389 e. The third-order valence-corrected chi connectivity index (χ3v) is 2.56. The van der Waals surface area contributed by atoms with Crippen LogP contribution >= 0.6 is 0 Å². The third kappa shape index (κ3) is 1.98. The highest BCUT2D eigenvalue weighted by Gasteiger charge is 2.26. The van der Waals surface area contributed by atoms with Crippen LogP contribution in [0.1, 0.15) is 33.6 Å². The molecule has 1 aliphatic carbocycles. The van der Waals surface area contributed by atoms with Crippen LogP contribution in [-0.2, 0) is 0 Å². The Morgan fingerprint density at radius 1 is 1.58 bits per heavy atom. The zero-order valence-corrected chi connectivity index (χ0v) is 8.17. The Labute approximate surface area is 74.8 Å². The molecule has 12 heavy (non-hydrogen) atoms. The lowest BCUT2D eigenvalue weighted by Gasteiger charge is -2.32. The molecule has 0 amide bonds. The highest BCUT2D eigenvalue weighted by molar-refractivity contribution is 5.28. The molecule has 0 aromatic heterocycles. The Balaban J connectivity index is 2.88. The van der Waals surface area contributed by atoms with Crippen molar-refractivity contribution in [3.63, 3.8) is 0 Å². The predicted octanol–water partition coefficient (Wildman–Crippen LogP) is 2.67. The molecule has 1 nitrogen and oxygen atoms in total. The molecule has 0 aromatic carbocycles. The molecule has 0 radical (unpaired) electrons. The van der Waals surface area contributed by atoms with Gasteiger partial charge in [-0.15, -0.1) is 0 Å². The molecular formula is C11H18O. The molecule has 0 saturated heterocycles. The molecular weight excluding hydrogens is 148 g/mol. The van der Waals surface area contributed by atoms with Gasteiger partial charge in [0.2, 0.25) is 0 Å². The second kappa shape index (κ2) is 3.44. The summed E-state index contributed by atoms with van der Waals surface area (Å²) >= 11 is 0. The van der Waals surface area contributed by atoms with E-state index in [4.69, 9.17) is 0 Å². The maximum absolute atomic E-state index is 9.43. The topological polar surface area (TPSA) is 20.2 Å². The lowest BCUT2D eigenvalue weighted by Crippen LogP contribution is -2.23. The minimum atomic E-state index is -0.232. The van der Waals surface area contributed by atoms with E-state index in [0.29, 0.717) is 0 Å². The monoisotopic (exact) mass is 166 g/mol. The summed E-state index contributed by atoms with van der Waals surface area (Å²) in [7, 11) is 0. The van der Waals surface area contributed by atoms with Gasteiger partial charge in [0.05, 0.1) is 6.10 Å². The van der Waals surface area contributed by atoms with Crippen LogP contribution in [0.15, 0.2) is 23.8 Å². The van der Waals surface area contributed by atoms with Crippen molar-refractivity contribution in [1.29, 1.82) is 0 Å². The number of hydrogen-bond acceptors (Lipinski definition) is 1. The van der Waals surface area contributed by atoms with Gasteiger partial charge in [0.15, 0.2) is 0 Å². The van der Waals surface area contributed by atoms with E-state index < -0.39 is 0 Å². The van der Waals surface area contributed by atoms with Crippen LogP contribution in [0.2, 0.25) is 0 Å². The van der Waals surface area contributed by atoms with E-state index in [0.717, 1.165) is 12.8 Å². The Bertz CT molecular complexity index is 211. The van der Waals surface area contributed by atoms with Crippen molar-refractivity contribution in [1.82, 2.24) is 0 Å². The minimum Gasteiger partial charge on any atom is -0.389 e. The Morgan fingerprint density at radius 3 is 2.83 bits per heavy atom. The molecule has 0 aromatic rings. The first-order valence-corrected chi connectivity index (χ1v) is 4.59. The van der Waals surface area contributed by atoms with Crippen molar-refractivity contribution in [2.75, 3.05) is 0 Å². The first-order valence-electron chi connectivity index (χ1n) is 4.59. The summed E-state index contributed by atoms with van der Waals surface area (Å²) in [4.78, 5) is 0. The lowest BCUT2D eigenvalue weighted by atomic mass is 9.75. The fraction of sp³-hybridized carbons (Fsp3) is 0.636. The van der Waals surface area contributed by atoms with Gasteiger partial charge in [-0.2, -0.15) is 0 Å². The first-order chi connectivity index (χ1) is 5.56. The van der Waals surface area contributed by atoms with Crippen LogP contribution in [0.5, 0.6) is 0 Å². The molecule has 0 heterocycles. The molecule has 1 atom stereocenters. The van der Waals surface area contributed by atoms with E-state index in [1.165, 1.54) is 5.57 Å². The third-order valence-electron chi connectivity index (χ3n) is 2.56. The van der Waals surface area contributed by atoms with Crippen LogP contribution in [0.4, 0.5) is 0 Å². The number of aliphatic hydroxyl groups is 1. The van der Waals surface area contributed by atoms with Crippen molar-refractivity contribution >= 4 is 0 Å². The first kappa shape index (κ1) is 9.53. The summed E-state index contributed by atoms with van der Waals surface area (Å²) < 4.78 is 0. The minimum absolute atomic E-state index is 0.232. The van der Waals surface area contributed by atoms with E-state index in [1.807, 2.05) is 19.1 Å².